The van der Waals surface area contributed by atoms with Crippen LogP contribution in [0, 0.1) is 0 Å². The van der Waals surface area contributed by atoms with E-state index in [-0.39, 0.29) is 30.8 Å². The molecule has 2 fully saturated rings. The second-order valence-corrected chi connectivity index (χ2v) is 7.43. The largest absolute Gasteiger partial charge is 0.356 e. The predicted molar refractivity (Wildman–Crippen MR) is 105 cm³/mol. The number of nitrogens with one attached hydrogen (secondary N) is 1. The van der Waals surface area contributed by atoms with Gasteiger partial charge in [-0.25, -0.2) is 5.01 Å². The molecule has 9 heteroatoms. The number of hydrogen-bond donors (Lipinski definition) is 1. The van der Waals surface area contributed by atoms with Crippen molar-refractivity contribution in [2.24, 2.45) is 0 Å². The molecule has 2 atom stereocenters. The van der Waals surface area contributed by atoms with E-state index < -0.39 is 12.2 Å². The summed E-state index contributed by atoms with van der Waals surface area (Å²) in [5, 5.41) is 5.78. The number of carbonyl (C=O) groups is 4. The van der Waals surface area contributed by atoms with Crippen LogP contribution in [0.2, 0.25) is 0 Å². The van der Waals surface area contributed by atoms with Crippen LogP contribution in [-0.4, -0.2) is 82.8 Å². The van der Waals surface area contributed by atoms with E-state index in [9.17, 15) is 19.2 Å². The summed E-state index contributed by atoms with van der Waals surface area (Å²) in [6, 6.07) is 8.97. The highest BCUT2D eigenvalue weighted by atomic mass is 16.2. The Balaban J connectivity index is 1.83. The van der Waals surface area contributed by atoms with Crippen LogP contribution in [0.3, 0.4) is 0 Å². The first-order valence-electron chi connectivity index (χ1n) is 9.75. The standard InChI is InChI=1S/C20H27N5O4/c1-15(27)21-10-6-9-17-20(29)23(11-16-7-4-3-5-8-16)12-18-24(14-26)22(2)13-19(28)25(17)18/h3-5,7-8,14,17-18H,6,9-13H2,1-2H3,(H,21,27)/t17-,18?/m0/s1. The van der Waals surface area contributed by atoms with Crippen LogP contribution < -0.4 is 5.32 Å². The van der Waals surface area contributed by atoms with Crippen LogP contribution >= 0.6 is 0 Å². The van der Waals surface area contributed by atoms with Gasteiger partial charge in [0.25, 0.3) is 0 Å². The Morgan fingerprint density at radius 3 is 2.62 bits per heavy atom. The molecule has 0 saturated carbocycles. The molecule has 1 unspecified atom stereocenters. The number of likely N-dealkylation sites (N-methyl/N-ethyl adjacent to an activating group) is 1. The maximum Gasteiger partial charge on any atom is 0.245 e. The molecule has 0 aliphatic carbocycles. The molecular weight excluding hydrogens is 374 g/mol. The molecule has 29 heavy (non-hydrogen) atoms. The van der Waals surface area contributed by atoms with Gasteiger partial charge in [-0.05, 0) is 18.4 Å². The van der Waals surface area contributed by atoms with Crippen LogP contribution in [0.25, 0.3) is 0 Å². The summed E-state index contributed by atoms with van der Waals surface area (Å²) >= 11 is 0. The third-order valence-electron chi connectivity index (χ3n) is 5.34. The Hall–Kier alpha value is -2.94. The second-order valence-electron chi connectivity index (χ2n) is 7.43. The minimum atomic E-state index is -0.658. The first kappa shape index (κ1) is 20.8. The molecule has 2 aliphatic heterocycles. The predicted octanol–water partition coefficient (Wildman–Crippen LogP) is -0.213. The minimum Gasteiger partial charge on any atom is -0.356 e. The number of rotatable bonds is 7. The molecule has 2 saturated heterocycles. The van der Waals surface area contributed by atoms with E-state index >= 15 is 0 Å². The highest BCUT2D eigenvalue weighted by Gasteiger charge is 2.48. The van der Waals surface area contributed by atoms with Crippen LogP contribution in [0.15, 0.2) is 30.3 Å². The smallest absolute Gasteiger partial charge is 0.245 e. The Bertz CT molecular complexity index is 771. The van der Waals surface area contributed by atoms with Gasteiger partial charge in [-0.15, -0.1) is 0 Å². The zero-order valence-electron chi connectivity index (χ0n) is 16.8. The Labute approximate surface area is 170 Å². The number of benzene rings is 1. The van der Waals surface area contributed by atoms with Crippen LogP contribution in [0.5, 0.6) is 0 Å². The highest BCUT2D eigenvalue weighted by Crippen LogP contribution is 2.27. The first-order valence-corrected chi connectivity index (χ1v) is 9.75. The molecule has 0 radical (unpaired) electrons. The average Bonchev–Trinajstić information content (AvgIpc) is 2.68. The van der Waals surface area contributed by atoms with Gasteiger partial charge in [0.05, 0.1) is 13.1 Å². The van der Waals surface area contributed by atoms with E-state index in [1.807, 2.05) is 30.3 Å². The molecule has 156 valence electrons. The number of piperazine rings is 1. The van der Waals surface area contributed by atoms with Crippen molar-refractivity contribution in [3.63, 3.8) is 0 Å². The lowest BCUT2D eigenvalue weighted by Crippen LogP contribution is -2.73. The number of fused-ring (bicyclic) bond motifs is 1. The quantitative estimate of drug-likeness (QED) is 0.504. The zero-order chi connectivity index (χ0) is 21.0. The average molecular weight is 401 g/mol. The maximum absolute atomic E-state index is 13.3. The van der Waals surface area contributed by atoms with Gasteiger partial charge in [-0.3, -0.25) is 24.2 Å². The summed E-state index contributed by atoms with van der Waals surface area (Å²) in [7, 11) is 1.69. The number of carbonyl (C=O) groups excluding carboxylic acids is 4. The summed E-state index contributed by atoms with van der Waals surface area (Å²) in [5.41, 5.74) is 0.986. The van der Waals surface area contributed by atoms with Gasteiger partial charge >= 0.3 is 0 Å². The molecule has 0 spiro atoms. The number of amides is 4. The van der Waals surface area contributed by atoms with E-state index in [2.05, 4.69) is 5.32 Å². The van der Waals surface area contributed by atoms with Gasteiger partial charge in [0, 0.05) is 27.1 Å². The van der Waals surface area contributed by atoms with Gasteiger partial charge in [0.1, 0.15) is 12.2 Å². The van der Waals surface area contributed by atoms with Crippen molar-refractivity contribution >= 4 is 24.1 Å². The fourth-order valence-electron chi connectivity index (χ4n) is 3.97. The van der Waals surface area contributed by atoms with E-state index in [4.69, 9.17) is 0 Å². The molecular formula is C20H27N5O4. The van der Waals surface area contributed by atoms with Gasteiger partial charge in [0.2, 0.25) is 24.1 Å². The first-order chi connectivity index (χ1) is 13.9. The van der Waals surface area contributed by atoms with Crippen molar-refractivity contribution in [3.05, 3.63) is 35.9 Å². The van der Waals surface area contributed by atoms with Crippen molar-refractivity contribution in [1.29, 1.82) is 0 Å². The Morgan fingerprint density at radius 2 is 1.97 bits per heavy atom. The van der Waals surface area contributed by atoms with Gasteiger partial charge in [0.15, 0.2) is 0 Å². The number of hydrogen-bond acceptors (Lipinski definition) is 5. The summed E-state index contributed by atoms with van der Waals surface area (Å²) in [5.74, 6) is -0.434. The van der Waals surface area contributed by atoms with E-state index in [1.165, 1.54) is 11.9 Å². The molecule has 1 aromatic rings. The molecule has 9 nitrogen and oxygen atoms in total. The van der Waals surface area contributed by atoms with Gasteiger partial charge in [-0.1, -0.05) is 30.3 Å². The number of nitrogens with zero attached hydrogens (tertiary/aromatic N) is 4. The molecule has 1 aromatic carbocycles. The molecule has 1 N–H and O–H groups in total. The Morgan fingerprint density at radius 1 is 1.24 bits per heavy atom. The van der Waals surface area contributed by atoms with E-state index in [1.54, 1.807) is 21.9 Å². The third kappa shape index (κ3) is 4.56. The van der Waals surface area contributed by atoms with Crippen LogP contribution in [0.4, 0.5) is 0 Å². The Kier molecular flexibility index (Phi) is 6.48. The van der Waals surface area contributed by atoms with Gasteiger partial charge < -0.3 is 15.1 Å². The van der Waals surface area contributed by atoms with Crippen molar-refractivity contribution in [1.82, 2.24) is 25.1 Å². The third-order valence-corrected chi connectivity index (χ3v) is 5.34. The fraction of sp³-hybridized carbons (Fsp3) is 0.500. The van der Waals surface area contributed by atoms with E-state index in [0.29, 0.717) is 32.3 Å². The zero-order valence-corrected chi connectivity index (χ0v) is 16.8. The van der Waals surface area contributed by atoms with E-state index in [0.717, 1.165) is 5.56 Å². The SMILES string of the molecule is CC(=O)NCCC[C@H]1C(=O)N(Cc2ccccc2)CC2N1C(=O)CN(C)N2C=O. The lowest BCUT2D eigenvalue weighted by atomic mass is 10.0. The van der Waals surface area contributed by atoms with Crippen molar-refractivity contribution < 1.29 is 19.2 Å². The van der Waals surface area contributed by atoms with Crippen molar-refractivity contribution in [2.75, 3.05) is 26.7 Å². The van der Waals surface area contributed by atoms with Crippen molar-refractivity contribution in [3.8, 4) is 0 Å². The lowest BCUT2D eigenvalue weighted by molar-refractivity contribution is -0.197. The monoisotopic (exact) mass is 401 g/mol. The molecule has 2 aliphatic rings. The fourth-order valence-corrected chi connectivity index (χ4v) is 3.97. The molecule has 0 aromatic heterocycles. The second kappa shape index (κ2) is 9.04. The normalized spacial score (nSPS) is 22.5. The molecule has 3 rings (SSSR count). The topological polar surface area (TPSA) is 93.3 Å². The summed E-state index contributed by atoms with van der Waals surface area (Å²) in [6.45, 7) is 2.59. The maximum atomic E-state index is 13.3. The highest BCUT2D eigenvalue weighted by molar-refractivity contribution is 5.90. The van der Waals surface area contributed by atoms with Gasteiger partial charge in [-0.2, -0.15) is 0 Å². The van der Waals surface area contributed by atoms with Crippen molar-refractivity contribution in [2.45, 2.75) is 38.5 Å². The van der Waals surface area contributed by atoms with Crippen LogP contribution in [-0.2, 0) is 25.7 Å². The molecule has 2 heterocycles. The molecule has 0 bridgehead atoms. The summed E-state index contributed by atoms with van der Waals surface area (Å²) in [6.07, 6.45) is 1.14. The minimum absolute atomic E-state index is 0.0450. The number of hydrazine groups is 1. The summed E-state index contributed by atoms with van der Waals surface area (Å²) < 4.78 is 0. The lowest BCUT2D eigenvalue weighted by Gasteiger charge is -2.53. The van der Waals surface area contributed by atoms with Crippen LogP contribution in [0.1, 0.15) is 25.3 Å². The summed E-state index contributed by atoms with van der Waals surface area (Å²) in [4.78, 5) is 52.1. The molecule has 4 amide bonds.